The van der Waals surface area contributed by atoms with Crippen molar-refractivity contribution >= 4 is 5.91 Å². The van der Waals surface area contributed by atoms with Crippen LogP contribution in [-0.4, -0.2) is 68.6 Å². The van der Waals surface area contributed by atoms with E-state index in [1.165, 1.54) is 0 Å². The van der Waals surface area contributed by atoms with Gasteiger partial charge in [-0.3, -0.25) is 9.69 Å². The second-order valence-corrected chi connectivity index (χ2v) is 8.10. The number of aryl methyl sites for hydroxylation is 3. The molecule has 8 heteroatoms. The Kier molecular flexibility index (Phi) is 6.76. The average Bonchev–Trinajstić information content (AvgIpc) is 3.40. The van der Waals surface area contributed by atoms with E-state index >= 15 is 0 Å². The van der Waals surface area contributed by atoms with Crippen LogP contribution in [0.25, 0.3) is 11.4 Å². The quantitative estimate of drug-likeness (QED) is 0.519. The Morgan fingerprint density at radius 1 is 1.00 bits per heavy atom. The smallest absolute Gasteiger partial charge is 0.257 e. The molecule has 0 N–H and O–H groups in total. The summed E-state index contributed by atoms with van der Waals surface area (Å²) in [7, 11) is 0. The number of furan rings is 1. The number of aromatic nitrogens is 4. The highest BCUT2D eigenvalue weighted by Crippen LogP contribution is 2.17. The van der Waals surface area contributed by atoms with Crippen LogP contribution in [0.15, 0.2) is 40.8 Å². The lowest BCUT2D eigenvalue weighted by atomic mass is 10.2. The number of piperazine rings is 1. The predicted octanol–water partition coefficient (Wildman–Crippen LogP) is 3.18. The van der Waals surface area contributed by atoms with Crippen LogP contribution in [0, 0.1) is 13.8 Å². The Labute approximate surface area is 182 Å². The van der Waals surface area contributed by atoms with Crippen LogP contribution in [0.4, 0.5) is 0 Å². The summed E-state index contributed by atoms with van der Waals surface area (Å²) >= 11 is 0. The Balaban J connectivity index is 1.13. The van der Waals surface area contributed by atoms with Crippen molar-refractivity contribution in [2.45, 2.75) is 39.7 Å². The number of amides is 1. The molecular formula is C23H30N6O2. The average molecular weight is 423 g/mol. The molecule has 1 saturated heterocycles. The third-order valence-corrected chi connectivity index (χ3v) is 5.75. The van der Waals surface area contributed by atoms with Crippen molar-refractivity contribution in [1.82, 2.24) is 30.0 Å². The van der Waals surface area contributed by atoms with Crippen molar-refractivity contribution in [3.63, 3.8) is 0 Å². The Morgan fingerprint density at radius 3 is 2.45 bits per heavy atom. The maximum atomic E-state index is 12.7. The zero-order valence-electron chi connectivity index (χ0n) is 18.3. The van der Waals surface area contributed by atoms with E-state index in [9.17, 15) is 4.79 Å². The number of rotatable bonds is 8. The monoisotopic (exact) mass is 422 g/mol. The highest BCUT2D eigenvalue weighted by atomic mass is 16.3. The largest absolute Gasteiger partial charge is 0.466 e. The van der Waals surface area contributed by atoms with Gasteiger partial charge in [0.2, 0.25) is 5.82 Å². The standard InChI is InChI=1S/C23H30N6O2/c1-18-17-21(19(2)31-18)23(30)28-15-13-27(14-16-28)11-7-4-8-12-29-25-22(24-26-29)20-9-5-3-6-10-20/h3,5-6,9-10,17H,4,7-8,11-16H2,1-2H3. The molecule has 0 atom stereocenters. The van der Waals surface area contributed by atoms with E-state index in [-0.39, 0.29) is 5.91 Å². The summed E-state index contributed by atoms with van der Waals surface area (Å²) in [6, 6.07) is 11.8. The van der Waals surface area contributed by atoms with Crippen molar-refractivity contribution in [3.05, 3.63) is 53.5 Å². The van der Waals surface area contributed by atoms with Crippen LogP contribution < -0.4 is 0 Å². The molecule has 0 aliphatic carbocycles. The number of hydrogen-bond acceptors (Lipinski definition) is 6. The number of nitrogens with zero attached hydrogens (tertiary/aromatic N) is 6. The number of hydrogen-bond donors (Lipinski definition) is 0. The summed E-state index contributed by atoms with van der Waals surface area (Å²) < 4.78 is 5.51. The molecule has 8 nitrogen and oxygen atoms in total. The first-order chi connectivity index (χ1) is 15.1. The van der Waals surface area contributed by atoms with Crippen LogP contribution in [-0.2, 0) is 6.54 Å². The van der Waals surface area contributed by atoms with Gasteiger partial charge in [0.25, 0.3) is 5.91 Å². The van der Waals surface area contributed by atoms with Gasteiger partial charge < -0.3 is 9.32 Å². The molecule has 0 unspecified atom stereocenters. The van der Waals surface area contributed by atoms with E-state index in [0.717, 1.165) is 69.9 Å². The minimum Gasteiger partial charge on any atom is -0.466 e. The van der Waals surface area contributed by atoms with Crippen molar-refractivity contribution in [2.75, 3.05) is 32.7 Å². The van der Waals surface area contributed by atoms with Crippen LogP contribution in [0.5, 0.6) is 0 Å². The van der Waals surface area contributed by atoms with Gasteiger partial charge in [0.05, 0.1) is 12.1 Å². The molecule has 1 aliphatic heterocycles. The van der Waals surface area contributed by atoms with Gasteiger partial charge in [0.1, 0.15) is 11.5 Å². The summed E-state index contributed by atoms with van der Waals surface area (Å²) in [5.74, 6) is 2.26. The molecule has 0 spiro atoms. The summed E-state index contributed by atoms with van der Waals surface area (Å²) in [6.07, 6.45) is 3.28. The van der Waals surface area contributed by atoms with Crippen molar-refractivity contribution in [1.29, 1.82) is 0 Å². The van der Waals surface area contributed by atoms with Gasteiger partial charge in [-0.15, -0.1) is 10.2 Å². The number of benzene rings is 1. The fourth-order valence-corrected chi connectivity index (χ4v) is 3.99. The maximum Gasteiger partial charge on any atom is 0.257 e. The molecular weight excluding hydrogens is 392 g/mol. The van der Waals surface area contributed by atoms with E-state index in [0.29, 0.717) is 17.1 Å². The second-order valence-electron chi connectivity index (χ2n) is 8.10. The van der Waals surface area contributed by atoms with E-state index in [2.05, 4.69) is 20.3 Å². The molecule has 1 aliphatic rings. The van der Waals surface area contributed by atoms with E-state index in [1.807, 2.05) is 55.1 Å². The summed E-state index contributed by atoms with van der Waals surface area (Å²) in [5, 5.41) is 12.8. The number of unbranched alkanes of at least 4 members (excludes halogenated alkanes) is 2. The summed E-state index contributed by atoms with van der Waals surface area (Å²) in [4.78, 5) is 18.8. The lowest BCUT2D eigenvalue weighted by molar-refractivity contribution is 0.0633. The zero-order chi connectivity index (χ0) is 21.6. The second kappa shape index (κ2) is 9.87. The molecule has 4 rings (SSSR count). The first-order valence-corrected chi connectivity index (χ1v) is 11.0. The van der Waals surface area contributed by atoms with Gasteiger partial charge in [-0.2, -0.15) is 4.80 Å². The first-order valence-electron chi connectivity index (χ1n) is 11.0. The molecule has 1 amide bonds. The highest BCUT2D eigenvalue weighted by molar-refractivity contribution is 5.95. The van der Waals surface area contributed by atoms with Crippen molar-refractivity contribution < 1.29 is 9.21 Å². The molecule has 1 fully saturated rings. The molecule has 0 saturated carbocycles. The van der Waals surface area contributed by atoms with Gasteiger partial charge in [0, 0.05) is 31.7 Å². The van der Waals surface area contributed by atoms with Crippen molar-refractivity contribution in [2.24, 2.45) is 0 Å². The third-order valence-electron chi connectivity index (χ3n) is 5.75. The summed E-state index contributed by atoms with van der Waals surface area (Å²) in [5.41, 5.74) is 1.69. The van der Waals surface area contributed by atoms with Crippen LogP contribution >= 0.6 is 0 Å². The molecule has 3 aromatic rings. The van der Waals surface area contributed by atoms with Gasteiger partial charge in [-0.05, 0) is 44.5 Å². The van der Waals surface area contributed by atoms with Crippen LogP contribution in [0.2, 0.25) is 0 Å². The minimum absolute atomic E-state index is 0.0872. The molecule has 2 aromatic heterocycles. The molecule has 3 heterocycles. The number of carbonyl (C=O) groups is 1. The first kappa shape index (κ1) is 21.2. The minimum atomic E-state index is 0.0872. The van der Waals surface area contributed by atoms with E-state index in [4.69, 9.17) is 4.42 Å². The van der Waals surface area contributed by atoms with E-state index < -0.39 is 0 Å². The zero-order valence-corrected chi connectivity index (χ0v) is 18.3. The number of carbonyl (C=O) groups excluding carboxylic acids is 1. The van der Waals surface area contributed by atoms with Gasteiger partial charge >= 0.3 is 0 Å². The maximum absolute atomic E-state index is 12.7. The highest BCUT2D eigenvalue weighted by Gasteiger charge is 2.24. The predicted molar refractivity (Wildman–Crippen MR) is 118 cm³/mol. The lowest BCUT2D eigenvalue weighted by Crippen LogP contribution is -2.48. The van der Waals surface area contributed by atoms with Crippen molar-refractivity contribution in [3.8, 4) is 11.4 Å². The Hall–Kier alpha value is -3.00. The third kappa shape index (κ3) is 5.38. The Morgan fingerprint density at radius 2 is 1.74 bits per heavy atom. The molecule has 164 valence electrons. The lowest BCUT2D eigenvalue weighted by Gasteiger charge is -2.34. The summed E-state index contributed by atoms with van der Waals surface area (Å²) in [6.45, 7) is 8.97. The molecule has 1 aromatic carbocycles. The Bertz CT molecular complexity index is 989. The fraction of sp³-hybridized carbons (Fsp3) is 0.478. The molecule has 0 radical (unpaired) electrons. The van der Waals surface area contributed by atoms with E-state index in [1.54, 1.807) is 4.80 Å². The number of tetrazole rings is 1. The normalized spacial score (nSPS) is 14.8. The van der Waals surface area contributed by atoms with Gasteiger partial charge in [-0.25, -0.2) is 0 Å². The van der Waals surface area contributed by atoms with Gasteiger partial charge in [-0.1, -0.05) is 36.8 Å². The van der Waals surface area contributed by atoms with Crippen LogP contribution in [0.1, 0.15) is 41.1 Å². The van der Waals surface area contributed by atoms with Crippen LogP contribution in [0.3, 0.4) is 0 Å². The molecule has 0 bridgehead atoms. The fourth-order valence-electron chi connectivity index (χ4n) is 3.99. The topological polar surface area (TPSA) is 80.3 Å². The SMILES string of the molecule is Cc1cc(C(=O)N2CCN(CCCCCn3nnc(-c4ccccc4)n3)CC2)c(C)o1. The van der Waals surface area contributed by atoms with Gasteiger partial charge in [0.15, 0.2) is 0 Å². The molecule has 31 heavy (non-hydrogen) atoms.